The number of nitrogens with zero attached hydrogens (tertiary/aromatic N) is 4. The second-order valence-corrected chi connectivity index (χ2v) is 4.31. The van der Waals surface area contributed by atoms with Crippen molar-refractivity contribution in [1.29, 1.82) is 0 Å². The average molecular weight is 241 g/mol. The summed E-state index contributed by atoms with van der Waals surface area (Å²) in [7, 11) is 0. The molecular formula is C11H7N5S. The number of fused-ring (bicyclic) bond motifs is 1. The molecule has 0 spiro atoms. The Kier molecular flexibility index (Phi) is 2.24. The molecule has 5 nitrogen and oxygen atoms in total. The predicted octanol–water partition coefficient (Wildman–Crippen LogP) is 1.17. The van der Waals surface area contributed by atoms with Gasteiger partial charge in [-0.1, -0.05) is 11.3 Å². The molecule has 3 aromatic rings. The molecule has 3 aromatic heterocycles. The van der Waals surface area contributed by atoms with Crippen LogP contribution in [0.3, 0.4) is 0 Å². The number of rotatable bonds is 0. The summed E-state index contributed by atoms with van der Waals surface area (Å²) >= 11 is 1.36. The first-order valence-electron chi connectivity index (χ1n) is 4.85. The third-order valence-electron chi connectivity index (χ3n) is 2.12. The molecule has 0 bridgehead atoms. The van der Waals surface area contributed by atoms with Gasteiger partial charge in [0.1, 0.15) is 5.69 Å². The van der Waals surface area contributed by atoms with E-state index in [1.54, 1.807) is 23.1 Å². The summed E-state index contributed by atoms with van der Waals surface area (Å²) in [6.07, 6.45) is 5.05. The van der Waals surface area contributed by atoms with Crippen LogP contribution in [0.2, 0.25) is 0 Å². The summed E-state index contributed by atoms with van der Waals surface area (Å²) in [4.78, 5) is 8.96. The van der Waals surface area contributed by atoms with Gasteiger partial charge >= 0.3 is 0 Å². The fourth-order valence-electron chi connectivity index (χ4n) is 1.39. The molecule has 0 saturated carbocycles. The molecule has 0 aromatic carbocycles. The lowest BCUT2D eigenvalue weighted by atomic mass is 10.4. The highest BCUT2D eigenvalue weighted by Gasteiger charge is 1.99. The van der Waals surface area contributed by atoms with E-state index in [1.165, 1.54) is 11.3 Å². The SMILES string of the molecule is Nc1ncc(C#Cc2cnc3cccnn23)s1. The van der Waals surface area contributed by atoms with Crippen molar-refractivity contribution >= 4 is 22.1 Å². The van der Waals surface area contributed by atoms with Gasteiger partial charge in [0, 0.05) is 6.20 Å². The first kappa shape index (κ1) is 9.81. The highest BCUT2D eigenvalue weighted by Crippen LogP contribution is 2.12. The molecule has 0 unspecified atom stereocenters. The van der Waals surface area contributed by atoms with E-state index in [0.29, 0.717) is 5.13 Å². The van der Waals surface area contributed by atoms with Gasteiger partial charge in [-0.25, -0.2) is 14.5 Å². The molecule has 0 aliphatic carbocycles. The van der Waals surface area contributed by atoms with Crippen LogP contribution in [0.25, 0.3) is 5.65 Å². The summed E-state index contributed by atoms with van der Waals surface area (Å²) in [6, 6.07) is 3.71. The molecule has 82 valence electrons. The van der Waals surface area contributed by atoms with Gasteiger partial charge in [-0.2, -0.15) is 5.10 Å². The quantitative estimate of drug-likeness (QED) is 0.600. The Balaban J connectivity index is 2.03. The first-order valence-corrected chi connectivity index (χ1v) is 5.67. The third-order valence-corrected chi connectivity index (χ3v) is 2.86. The van der Waals surface area contributed by atoms with Crippen LogP contribution in [0, 0.1) is 11.8 Å². The second-order valence-electron chi connectivity index (χ2n) is 3.25. The van der Waals surface area contributed by atoms with Gasteiger partial charge in [-0.05, 0) is 24.0 Å². The molecule has 3 heterocycles. The van der Waals surface area contributed by atoms with Crippen molar-refractivity contribution in [2.45, 2.75) is 0 Å². The maximum atomic E-state index is 5.53. The summed E-state index contributed by atoms with van der Waals surface area (Å²) in [5.74, 6) is 5.99. The molecule has 0 radical (unpaired) electrons. The summed E-state index contributed by atoms with van der Waals surface area (Å²) in [5.41, 5.74) is 7.05. The van der Waals surface area contributed by atoms with Crippen LogP contribution < -0.4 is 5.73 Å². The maximum Gasteiger partial charge on any atom is 0.181 e. The minimum atomic E-state index is 0.519. The zero-order chi connectivity index (χ0) is 11.7. The van der Waals surface area contributed by atoms with Crippen LogP contribution >= 0.6 is 11.3 Å². The smallest absolute Gasteiger partial charge is 0.181 e. The minimum absolute atomic E-state index is 0.519. The van der Waals surface area contributed by atoms with Crippen LogP contribution in [0.15, 0.2) is 30.7 Å². The zero-order valence-electron chi connectivity index (χ0n) is 8.66. The second kappa shape index (κ2) is 3.88. The number of thiazole rings is 1. The van der Waals surface area contributed by atoms with E-state index in [2.05, 4.69) is 26.9 Å². The number of hydrogen-bond donors (Lipinski definition) is 1. The summed E-state index contributed by atoms with van der Waals surface area (Å²) < 4.78 is 1.69. The molecule has 0 aliphatic heterocycles. The van der Waals surface area contributed by atoms with Gasteiger partial charge in [0.2, 0.25) is 0 Å². The number of nitrogen functional groups attached to an aromatic ring is 1. The van der Waals surface area contributed by atoms with E-state index < -0.39 is 0 Å². The van der Waals surface area contributed by atoms with Gasteiger partial charge in [-0.3, -0.25) is 0 Å². The molecule has 0 aliphatic rings. The molecule has 2 N–H and O–H groups in total. The molecule has 0 atom stereocenters. The summed E-state index contributed by atoms with van der Waals surface area (Å²) in [6.45, 7) is 0. The topological polar surface area (TPSA) is 69.1 Å². The van der Waals surface area contributed by atoms with Crippen molar-refractivity contribution in [3.8, 4) is 11.8 Å². The van der Waals surface area contributed by atoms with Crippen molar-refractivity contribution in [3.63, 3.8) is 0 Å². The standard InChI is InChI=1S/C11H7N5S/c12-11-14-7-9(17-11)4-3-8-6-13-10-2-1-5-15-16(8)10/h1-2,5-7H,(H2,12,14). The number of nitrogens with two attached hydrogens (primary N) is 1. The largest absolute Gasteiger partial charge is 0.375 e. The predicted molar refractivity (Wildman–Crippen MR) is 65.5 cm³/mol. The van der Waals surface area contributed by atoms with E-state index >= 15 is 0 Å². The molecule has 0 fully saturated rings. The Labute approximate surface area is 101 Å². The minimum Gasteiger partial charge on any atom is -0.375 e. The van der Waals surface area contributed by atoms with E-state index in [1.807, 2.05) is 12.1 Å². The Morgan fingerprint density at radius 3 is 3.00 bits per heavy atom. The molecular weight excluding hydrogens is 234 g/mol. The van der Waals surface area contributed by atoms with E-state index in [0.717, 1.165) is 16.2 Å². The fourth-order valence-corrected chi connectivity index (χ4v) is 1.92. The number of anilines is 1. The lowest BCUT2D eigenvalue weighted by molar-refractivity contribution is 0.923. The monoisotopic (exact) mass is 241 g/mol. The van der Waals surface area contributed by atoms with Crippen molar-refractivity contribution in [3.05, 3.63) is 41.3 Å². The molecule has 0 saturated heterocycles. The Bertz CT molecular complexity index is 731. The van der Waals surface area contributed by atoms with Gasteiger partial charge in [0.25, 0.3) is 0 Å². The Hall–Kier alpha value is -2.39. The third kappa shape index (κ3) is 1.84. The number of aromatic nitrogens is 4. The van der Waals surface area contributed by atoms with Crippen LogP contribution in [-0.4, -0.2) is 19.6 Å². The van der Waals surface area contributed by atoms with Gasteiger partial charge < -0.3 is 5.73 Å². The maximum absolute atomic E-state index is 5.53. The Morgan fingerprint density at radius 2 is 2.18 bits per heavy atom. The van der Waals surface area contributed by atoms with E-state index in [4.69, 9.17) is 5.73 Å². The number of imidazole rings is 1. The summed E-state index contributed by atoms with van der Waals surface area (Å²) in [5, 5.41) is 4.69. The fraction of sp³-hybridized carbons (Fsp3) is 0. The van der Waals surface area contributed by atoms with E-state index in [-0.39, 0.29) is 0 Å². The van der Waals surface area contributed by atoms with Crippen molar-refractivity contribution < 1.29 is 0 Å². The van der Waals surface area contributed by atoms with Crippen molar-refractivity contribution in [1.82, 2.24) is 19.6 Å². The van der Waals surface area contributed by atoms with E-state index in [9.17, 15) is 0 Å². The van der Waals surface area contributed by atoms with Gasteiger partial charge in [0.05, 0.1) is 17.3 Å². The molecule has 17 heavy (non-hydrogen) atoms. The zero-order valence-corrected chi connectivity index (χ0v) is 9.48. The number of hydrogen-bond acceptors (Lipinski definition) is 5. The lowest BCUT2D eigenvalue weighted by Crippen LogP contribution is -1.92. The van der Waals surface area contributed by atoms with Crippen LogP contribution in [0.1, 0.15) is 10.6 Å². The van der Waals surface area contributed by atoms with Gasteiger partial charge in [0.15, 0.2) is 10.8 Å². The van der Waals surface area contributed by atoms with Gasteiger partial charge in [-0.15, -0.1) is 0 Å². The highest BCUT2D eigenvalue weighted by molar-refractivity contribution is 7.15. The normalized spacial score (nSPS) is 10.1. The highest BCUT2D eigenvalue weighted by atomic mass is 32.1. The Morgan fingerprint density at radius 1 is 1.24 bits per heavy atom. The first-order chi connectivity index (χ1) is 8.33. The lowest BCUT2D eigenvalue weighted by Gasteiger charge is -1.90. The van der Waals surface area contributed by atoms with Crippen LogP contribution in [0.5, 0.6) is 0 Å². The van der Waals surface area contributed by atoms with Crippen LogP contribution in [0.4, 0.5) is 5.13 Å². The van der Waals surface area contributed by atoms with Crippen molar-refractivity contribution in [2.24, 2.45) is 0 Å². The average Bonchev–Trinajstić information content (AvgIpc) is 2.93. The molecule has 6 heteroatoms. The van der Waals surface area contributed by atoms with Crippen molar-refractivity contribution in [2.75, 3.05) is 5.73 Å². The molecule has 0 amide bonds. The molecule has 3 rings (SSSR count). The van der Waals surface area contributed by atoms with Crippen LogP contribution in [-0.2, 0) is 0 Å².